The molecule has 0 radical (unpaired) electrons. The van der Waals surface area contributed by atoms with Gasteiger partial charge in [-0.05, 0) is 40.8 Å². The number of halogens is 7. The van der Waals surface area contributed by atoms with Gasteiger partial charge in [0.2, 0.25) is 5.91 Å². The molecule has 0 aromatic heterocycles. The van der Waals surface area contributed by atoms with E-state index >= 15 is 0 Å². The Kier molecular flexibility index (Phi) is 6.99. The summed E-state index contributed by atoms with van der Waals surface area (Å²) in [6, 6.07) is 2.64. The van der Waals surface area contributed by atoms with Gasteiger partial charge >= 0.3 is 23.9 Å². The lowest BCUT2D eigenvalue weighted by atomic mass is 10.1. The van der Waals surface area contributed by atoms with Crippen LogP contribution in [0.1, 0.15) is 17.3 Å². The Labute approximate surface area is 167 Å². The molecule has 0 aliphatic carbocycles. The van der Waals surface area contributed by atoms with Gasteiger partial charge in [0.25, 0.3) is 10.1 Å². The van der Waals surface area contributed by atoms with Crippen LogP contribution in [0.5, 0.6) is 0 Å². The molecule has 158 valence electrons. The fourth-order valence-corrected chi connectivity index (χ4v) is 3.25. The summed E-state index contributed by atoms with van der Waals surface area (Å²) >= 11 is 1.67. The highest BCUT2D eigenvalue weighted by Crippen LogP contribution is 2.47. The molecular weight excluding hydrogens is 539 g/mol. The van der Waals surface area contributed by atoms with Gasteiger partial charge < -0.3 is 10.1 Å². The Morgan fingerprint density at radius 1 is 1.14 bits per heavy atom. The molecule has 1 aromatic rings. The number of amides is 1. The van der Waals surface area contributed by atoms with Crippen LogP contribution >= 0.6 is 22.6 Å². The first-order valence-electron chi connectivity index (χ1n) is 6.79. The Morgan fingerprint density at radius 3 is 2.04 bits per heavy atom. The smallest absolute Gasteiger partial charge is 0.435 e. The van der Waals surface area contributed by atoms with E-state index in [0.717, 1.165) is 25.1 Å². The zero-order valence-electron chi connectivity index (χ0n) is 13.5. The molecule has 0 fully saturated rings. The van der Waals surface area contributed by atoms with Crippen LogP contribution in [0.3, 0.4) is 0 Å². The van der Waals surface area contributed by atoms with E-state index in [-0.39, 0.29) is 5.69 Å². The fourth-order valence-electron chi connectivity index (χ4n) is 1.88. The van der Waals surface area contributed by atoms with Crippen LogP contribution in [0.15, 0.2) is 18.2 Å². The van der Waals surface area contributed by atoms with Crippen LogP contribution in [-0.4, -0.2) is 48.6 Å². The molecule has 0 aliphatic rings. The number of alkyl halides is 6. The normalized spacial score (nSPS) is 13.2. The maximum atomic E-state index is 13.2. The van der Waals surface area contributed by atoms with E-state index in [1.54, 1.807) is 22.6 Å². The molecule has 0 saturated heterocycles. The maximum absolute atomic E-state index is 13.2. The summed E-state index contributed by atoms with van der Waals surface area (Å²) in [5.41, 5.74) is -6.46. The molecule has 0 heterocycles. The molecule has 0 unspecified atom stereocenters. The number of rotatable bonds is 5. The quantitative estimate of drug-likeness (QED) is 0.253. The van der Waals surface area contributed by atoms with Crippen molar-refractivity contribution in [3.63, 3.8) is 0 Å². The highest BCUT2D eigenvalue weighted by molar-refractivity contribution is 14.1. The lowest BCUT2D eigenvalue weighted by molar-refractivity contribution is -0.356. The van der Waals surface area contributed by atoms with E-state index in [9.17, 15) is 44.3 Å². The predicted octanol–water partition coefficient (Wildman–Crippen LogP) is 3.16. The van der Waals surface area contributed by atoms with Gasteiger partial charge in [-0.15, -0.1) is 0 Å². The number of esters is 1. The third kappa shape index (κ3) is 5.69. The molecule has 0 bridgehead atoms. The highest BCUT2D eigenvalue weighted by Gasteiger charge is 2.76. The number of carbonyl (C=O) groups is 2. The van der Waals surface area contributed by atoms with E-state index in [1.165, 1.54) is 0 Å². The van der Waals surface area contributed by atoms with Crippen molar-refractivity contribution in [1.82, 2.24) is 0 Å². The Hall–Kier alpha value is -1.62. The minimum absolute atomic E-state index is 0.109. The maximum Gasteiger partial charge on any atom is 0.438 e. The number of benzene rings is 1. The van der Waals surface area contributed by atoms with Gasteiger partial charge in [0.1, 0.15) is 5.75 Å². The minimum Gasteiger partial charge on any atom is -0.435 e. The molecular formula is C13H10F6INO6S. The summed E-state index contributed by atoms with van der Waals surface area (Å²) in [6.07, 6.45) is -12.9. The standard InChI is InChI=1S/C13H10F6INO6S/c1-6(22)21-9-4-7(2-3-8(9)20)10(23)27-11(12(14,15)16,13(17,18)19)5-28(24,25)26/h2-4H,5H2,1H3,(H,21,22)(H,24,25,26). The van der Waals surface area contributed by atoms with Crippen molar-refractivity contribution in [3.8, 4) is 0 Å². The van der Waals surface area contributed by atoms with E-state index in [4.69, 9.17) is 4.55 Å². The average Bonchev–Trinajstić information content (AvgIpc) is 2.44. The molecule has 7 nitrogen and oxygen atoms in total. The Morgan fingerprint density at radius 2 is 1.64 bits per heavy atom. The lowest BCUT2D eigenvalue weighted by Gasteiger charge is -2.35. The van der Waals surface area contributed by atoms with Crippen LogP contribution in [-0.2, 0) is 19.6 Å². The van der Waals surface area contributed by atoms with Crippen LogP contribution < -0.4 is 5.32 Å². The van der Waals surface area contributed by atoms with Crippen LogP contribution in [0.25, 0.3) is 0 Å². The van der Waals surface area contributed by atoms with Crippen molar-refractivity contribution >= 4 is 50.3 Å². The molecule has 1 amide bonds. The van der Waals surface area contributed by atoms with Crippen LogP contribution in [0.4, 0.5) is 32.0 Å². The minimum atomic E-state index is -6.43. The van der Waals surface area contributed by atoms with Gasteiger partial charge in [0.15, 0.2) is 0 Å². The summed E-state index contributed by atoms with van der Waals surface area (Å²) in [5.74, 6) is -5.81. The lowest BCUT2D eigenvalue weighted by Crippen LogP contribution is -2.63. The molecule has 0 saturated carbocycles. The molecule has 1 rings (SSSR count). The monoisotopic (exact) mass is 549 g/mol. The second kappa shape index (κ2) is 8.02. The number of nitrogens with one attached hydrogen (secondary N) is 1. The highest BCUT2D eigenvalue weighted by atomic mass is 127. The van der Waals surface area contributed by atoms with Gasteiger partial charge in [-0.25, -0.2) is 4.79 Å². The molecule has 2 N–H and O–H groups in total. The summed E-state index contributed by atoms with van der Waals surface area (Å²) < 4.78 is 113. The van der Waals surface area contributed by atoms with E-state index in [1.807, 2.05) is 0 Å². The van der Waals surface area contributed by atoms with Gasteiger partial charge in [0, 0.05) is 10.5 Å². The van der Waals surface area contributed by atoms with Crippen LogP contribution in [0.2, 0.25) is 0 Å². The first kappa shape index (κ1) is 24.4. The molecule has 0 aliphatic heterocycles. The van der Waals surface area contributed by atoms with Crippen molar-refractivity contribution in [3.05, 3.63) is 27.3 Å². The Bertz CT molecular complexity index is 868. The average molecular weight is 549 g/mol. The Balaban J connectivity index is 3.48. The van der Waals surface area contributed by atoms with E-state index in [2.05, 4.69) is 10.1 Å². The zero-order chi connectivity index (χ0) is 22.1. The van der Waals surface area contributed by atoms with Gasteiger partial charge in [-0.3, -0.25) is 9.35 Å². The van der Waals surface area contributed by atoms with Crippen molar-refractivity contribution in [2.24, 2.45) is 0 Å². The van der Waals surface area contributed by atoms with Crippen molar-refractivity contribution < 1.29 is 53.6 Å². The zero-order valence-corrected chi connectivity index (χ0v) is 16.5. The second-order valence-corrected chi connectivity index (χ2v) is 7.93. The van der Waals surface area contributed by atoms with E-state index in [0.29, 0.717) is 3.57 Å². The molecule has 28 heavy (non-hydrogen) atoms. The fraction of sp³-hybridized carbons (Fsp3) is 0.385. The first-order valence-corrected chi connectivity index (χ1v) is 9.47. The molecule has 0 spiro atoms. The van der Waals surface area contributed by atoms with Crippen molar-refractivity contribution in [2.45, 2.75) is 24.9 Å². The topological polar surface area (TPSA) is 110 Å². The van der Waals surface area contributed by atoms with Crippen molar-refractivity contribution in [2.75, 3.05) is 11.1 Å². The number of carbonyl (C=O) groups excluding carboxylic acids is 2. The summed E-state index contributed by atoms with van der Waals surface area (Å²) in [5, 5.41) is 2.20. The first-order chi connectivity index (χ1) is 12.4. The van der Waals surface area contributed by atoms with Crippen molar-refractivity contribution in [1.29, 1.82) is 0 Å². The largest absolute Gasteiger partial charge is 0.438 e. The second-order valence-electron chi connectivity index (χ2n) is 5.31. The van der Waals surface area contributed by atoms with Gasteiger partial charge in [-0.2, -0.15) is 34.8 Å². The summed E-state index contributed by atoms with van der Waals surface area (Å²) in [7, 11) is -5.88. The van der Waals surface area contributed by atoms with Gasteiger partial charge in [0.05, 0.1) is 11.3 Å². The number of anilines is 1. The number of ether oxygens (including phenoxy) is 1. The number of hydrogen-bond donors (Lipinski definition) is 2. The number of hydrogen-bond acceptors (Lipinski definition) is 5. The third-order valence-electron chi connectivity index (χ3n) is 3.08. The summed E-state index contributed by atoms with van der Waals surface area (Å²) in [4.78, 5) is 23.0. The molecule has 0 atom stereocenters. The van der Waals surface area contributed by atoms with E-state index < -0.39 is 51.3 Å². The summed E-state index contributed by atoms with van der Waals surface area (Å²) in [6.45, 7) is 1.06. The SMILES string of the molecule is CC(=O)Nc1cc(C(=O)OC(CS(=O)(=O)O)(C(F)(F)F)C(F)(F)F)ccc1I. The third-order valence-corrected chi connectivity index (χ3v) is 4.79. The molecule has 1 aromatic carbocycles. The van der Waals surface area contributed by atoms with Gasteiger partial charge in [-0.1, -0.05) is 0 Å². The predicted molar refractivity (Wildman–Crippen MR) is 90.1 cm³/mol. The molecule has 15 heteroatoms. The van der Waals surface area contributed by atoms with Crippen LogP contribution in [0, 0.1) is 3.57 Å².